The number of rotatable bonds is 8. The van der Waals surface area contributed by atoms with Crippen LogP contribution in [0.15, 0.2) is 48.5 Å². The summed E-state index contributed by atoms with van der Waals surface area (Å²) in [6.07, 6.45) is 0.462. The highest BCUT2D eigenvalue weighted by molar-refractivity contribution is 7.89. The van der Waals surface area contributed by atoms with E-state index in [2.05, 4.69) is 4.72 Å². The van der Waals surface area contributed by atoms with Crippen LogP contribution in [0.4, 0.5) is 5.69 Å². The lowest BCUT2D eigenvalue weighted by atomic mass is 10.1. The van der Waals surface area contributed by atoms with Crippen molar-refractivity contribution in [3.8, 4) is 0 Å². The van der Waals surface area contributed by atoms with Gasteiger partial charge in [-0.25, -0.2) is 13.1 Å². The van der Waals surface area contributed by atoms with Crippen LogP contribution in [0.1, 0.15) is 23.6 Å². The molecule has 0 aromatic heterocycles. The molecule has 26 heavy (non-hydrogen) atoms. The lowest BCUT2D eigenvalue weighted by Gasteiger charge is -2.22. The molecule has 0 heterocycles. The molecular weight excluding hydrogens is 348 g/mol. The van der Waals surface area contributed by atoms with Gasteiger partial charge in [-0.3, -0.25) is 4.79 Å². The van der Waals surface area contributed by atoms with Gasteiger partial charge in [-0.1, -0.05) is 36.4 Å². The molecule has 2 rings (SSSR count). The number of hydrogen-bond donors (Lipinski definition) is 1. The smallest absolute Gasteiger partial charge is 0.223 e. The number of nitrogens with zero attached hydrogens (tertiary/aromatic N) is 1. The SMILES string of the molecule is CC(=O)N(CCNS(=O)(=O)CCc1ccccc1)c1ccc(C)c(C)c1. The Hall–Kier alpha value is -2.18. The molecule has 0 spiro atoms. The summed E-state index contributed by atoms with van der Waals surface area (Å²) in [5.41, 5.74) is 4.01. The first-order valence-electron chi connectivity index (χ1n) is 8.65. The normalized spacial score (nSPS) is 11.3. The summed E-state index contributed by atoms with van der Waals surface area (Å²) in [6.45, 7) is 5.96. The molecule has 140 valence electrons. The largest absolute Gasteiger partial charge is 0.311 e. The maximum atomic E-state index is 12.2. The van der Waals surface area contributed by atoms with Crippen molar-refractivity contribution in [2.24, 2.45) is 0 Å². The molecule has 1 N–H and O–H groups in total. The van der Waals surface area contributed by atoms with E-state index in [-0.39, 0.29) is 18.2 Å². The minimum Gasteiger partial charge on any atom is -0.311 e. The van der Waals surface area contributed by atoms with Crippen molar-refractivity contribution >= 4 is 21.6 Å². The Morgan fingerprint density at radius 2 is 1.73 bits per heavy atom. The van der Waals surface area contributed by atoms with Crippen LogP contribution in [-0.2, 0) is 21.2 Å². The maximum absolute atomic E-state index is 12.2. The van der Waals surface area contributed by atoms with E-state index in [0.717, 1.165) is 22.4 Å². The van der Waals surface area contributed by atoms with Crippen molar-refractivity contribution < 1.29 is 13.2 Å². The van der Waals surface area contributed by atoms with Crippen LogP contribution < -0.4 is 9.62 Å². The Morgan fingerprint density at radius 3 is 2.35 bits per heavy atom. The fraction of sp³-hybridized carbons (Fsp3) is 0.350. The fourth-order valence-electron chi connectivity index (χ4n) is 2.64. The van der Waals surface area contributed by atoms with Gasteiger partial charge >= 0.3 is 0 Å². The second-order valence-corrected chi connectivity index (χ2v) is 8.31. The summed E-state index contributed by atoms with van der Waals surface area (Å²) in [5.74, 6) is -0.0856. The Bertz CT molecular complexity index is 849. The zero-order chi connectivity index (χ0) is 19.2. The second-order valence-electron chi connectivity index (χ2n) is 6.39. The third-order valence-corrected chi connectivity index (χ3v) is 5.73. The van der Waals surface area contributed by atoms with Crippen LogP contribution in [0.3, 0.4) is 0 Å². The molecule has 1 amide bonds. The standard InChI is InChI=1S/C20H26N2O3S/c1-16-9-10-20(15-17(16)2)22(18(3)23)13-12-21-26(24,25)14-11-19-7-5-4-6-8-19/h4-10,15,21H,11-14H2,1-3H3. The lowest BCUT2D eigenvalue weighted by Crippen LogP contribution is -2.38. The number of hydrogen-bond acceptors (Lipinski definition) is 3. The van der Waals surface area contributed by atoms with E-state index in [4.69, 9.17) is 0 Å². The summed E-state index contributed by atoms with van der Waals surface area (Å²) in [6, 6.07) is 15.3. The molecule has 0 unspecified atom stereocenters. The highest BCUT2D eigenvalue weighted by Crippen LogP contribution is 2.18. The van der Waals surface area contributed by atoms with Crippen LogP contribution in [0.2, 0.25) is 0 Å². The van der Waals surface area contributed by atoms with Crippen LogP contribution in [-0.4, -0.2) is 33.2 Å². The minimum absolute atomic E-state index is 0.0285. The summed E-state index contributed by atoms with van der Waals surface area (Å²) < 4.78 is 26.9. The second kappa shape index (κ2) is 8.96. The minimum atomic E-state index is -3.39. The van der Waals surface area contributed by atoms with Gasteiger partial charge in [0.15, 0.2) is 0 Å². The molecule has 2 aromatic carbocycles. The van der Waals surface area contributed by atoms with Gasteiger partial charge < -0.3 is 4.90 Å². The first-order chi connectivity index (χ1) is 12.3. The third-order valence-electron chi connectivity index (χ3n) is 4.34. The van der Waals surface area contributed by atoms with E-state index in [0.29, 0.717) is 13.0 Å². The molecule has 0 aliphatic carbocycles. The zero-order valence-electron chi connectivity index (χ0n) is 15.5. The average molecular weight is 375 g/mol. The van der Waals surface area contributed by atoms with Crippen molar-refractivity contribution in [1.29, 1.82) is 0 Å². The van der Waals surface area contributed by atoms with Gasteiger partial charge in [0.1, 0.15) is 0 Å². The van der Waals surface area contributed by atoms with E-state index < -0.39 is 10.0 Å². The predicted molar refractivity (Wildman–Crippen MR) is 106 cm³/mol. The van der Waals surface area contributed by atoms with E-state index in [9.17, 15) is 13.2 Å². The Morgan fingerprint density at radius 1 is 1.04 bits per heavy atom. The first-order valence-corrected chi connectivity index (χ1v) is 10.3. The lowest BCUT2D eigenvalue weighted by molar-refractivity contribution is -0.116. The van der Waals surface area contributed by atoms with Gasteiger partial charge in [-0.15, -0.1) is 0 Å². The number of sulfonamides is 1. The van der Waals surface area contributed by atoms with Gasteiger partial charge in [-0.2, -0.15) is 0 Å². The van der Waals surface area contributed by atoms with Crippen molar-refractivity contribution in [3.05, 3.63) is 65.2 Å². The van der Waals surface area contributed by atoms with Crippen LogP contribution in [0.5, 0.6) is 0 Å². The fourth-order valence-corrected chi connectivity index (χ4v) is 3.69. The summed E-state index contributed by atoms with van der Waals surface area (Å²) in [4.78, 5) is 13.5. The number of carbonyl (C=O) groups is 1. The summed E-state index contributed by atoms with van der Waals surface area (Å²) in [7, 11) is -3.39. The Balaban J connectivity index is 1.92. The Kier molecular flexibility index (Phi) is 6.94. The number of aryl methyl sites for hydroxylation is 3. The number of nitrogens with one attached hydrogen (secondary N) is 1. The molecule has 0 radical (unpaired) electrons. The molecule has 0 fully saturated rings. The van der Waals surface area contributed by atoms with E-state index >= 15 is 0 Å². The van der Waals surface area contributed by atoms with Crippen molar-refractivity contribution in [1.82, 2.24) is 4.72 Å². The Labute approximate surface area is 156 Å². The number of amides is 1. The molecule has 5 nitrogen and oxygen atoms in total. The van der Waals surface area contributed by atoms with Crippen molar-refractivity contribution in [2.75, 3.05) is 23.7 Å². The predicted octanol–water partition coefficient (Wildman–Crippen LogP) is 2.82. The van der Waals surface area contributed by atoms with Crippen molar-refractivity contribution in [3.63, 3.8) is 0 Å². The van der Waals surface area contributed by atoms with Gasteiger partial charge in [0.2, 0.25) is 15.9 Å². The number of benzene rings is 2. The first kappa shape index (κ1) is 20.1. The number of carbonyl (C=O) groups excluding carboxylic acids is 1. The molecule has 0 bridgehead atoms. The third kappa shape index (κ3) is 5.97. The number of anilines is 1. The zero-order valence-corrected chi connectivity index (χ0v) is 16.3. The van der Waals surface area contributed by atoms with E-state index in [1.807, 2.05) is 62.4 Å². The molecule has 6 heteroatoms. The van der Waals surface area contributed by atoms with Crippen molar-refractivity contribution in [2.45, 2.75) is 27.2 Å². The van der Waals surface area contributed by atoms with Gasteiger partial charge in [-0.05, 0) is 49.1 Å². The molecule has 0 aliphatic heterocycles. The van der Waals surface area contributed by atoms with Gasteiger partial charge in [0.25, 0.3) is 0 Å². The molecule has 0 saturated heterocycles. The van der Waals surface area contributed by atoms with Gasteiger partial charge in [0.05, 0.1) is 5.75 Å². The topological polar surface area (TPSA) is 66.5 Å². The summed E-state index contributed by atoms with van der Waals surface area (Å²) >= 11 is 0. The monoisotopic (exact) mass is 374 g/mol. The van der Waals surface area contributed by atoms with Crippen LogP contribution >= 0.6 is 0 Å². The van der Waals surface area contributed by atoms with Crippen LogP contribution in [0, 0.1) is 13.8 Å². The quantitative estimate of drug-likeness (QED) is 0.773. The molecule has 0 atom stereocenters. The molecule has 0 saturated carbocycles. The highest BCUT2D eigenvalue weighted by atomic mass is 32.2. The molecular formula is C20H26N2O3S. The van der Waals surface area contributed by atoms with E-state index in [1.54, 1.807) is 4.90 Å². The van der Waals surface area contributed by atoms with Gasteiger partial charge in [0, 0.05) is 25.7 Å². The van der Waals surface area contributed by atoms with E-state index in [1.165, 1.54) is 6.92 Å². The molecule has 2 aromatic rings. The maximum Gasteiger partial charge on any atom is 0.223 e. The highest BCUT2D eigenvalue weighted by Gasteiger charge is 2.15. The average Bonchev–Trinajstić information content (AvgIpc) is 2.60. The van der Waals surface area contributed by atoms with Crippen LogP contribution in [0.25, 0.3) is 0 Å². The summed E-state index contributed by atoms with van der Waals surface area (Å²) in [5, 5.41) is 0. The molecule has 0 aliphatic rings.